The molecular formula is C14H10F4O2. The summed E-state index contributed by atoms with van der Waals surface area (Å²) in [6.45, 7) is -0.362. The highest BCUT2D eigenvalue weighted by atomic mass is 19.4. The molecule has 20 heavy (non-hydrogen) atoms. The van der Waals surface area contributed by atoms with Crippen LogP contribution in [0.4, 0.5) is 17.6 Å². The van der Waals surface area contributed by atoms with Crippen molar-refractivity contribution in [2.24, 2.45) is 0 Å². The van der Waals surface area contributed by atoms with E-state index in [1.807, 2.05) is 0 Å². The van der Waals surface area contributed by atoms with Crippen molar-refractivity contribution in [2.75, 3.05) is 0 Å². The van der Waals surface area contributed by atoms with Crippen LogP contribution in [0.15, 0.2) is 42.5 Å². The molecule has 106 valence electrons. The topological polar surface area (TPSA) is 29.5 Å². The van der Waals surface area contributed by atoms with Gasteiger partial charge >= 0.3 is 6.18 Å². The minimum absolute atomic E-state index is 0.0553. The molecule has 0 amide bonds. The standard InChI is InChI=1S/C14H10F4O2/c15-12-7-10(19)6-5-9(12)8-20-13-4-2-1-3-11(13)14(16,17)18/h1-7,19H,8H2. The van der Waals surface area contributed by atoms with E-state index >= 15 is 0 Å². The Hall–Kier alpha value is -2.24. The van der Waals surface area contributed by atoms with Gasteiger partial charge in [-0.05, 0) is 24.3 Å². The predicted octanol–water partition coefficient (Wildman–Crippen LogP) is 4.13. The zero-order valence-electron chi connectivity index (χ0n) is 10.1. The molecule has 0 unspecified atom stereocenters. The van der Waals surface area contributed by atoms with Crippen LogP contribution in [0.2, 0.25) is 0 Å². The summed E-state index contributed by atoms with van der Waals surface area (Å²) in [5.41, 5.74) is -0.862. The zero-order valence-corrected chi connectivity index (χ0v) is 10.1. The maximum atomic E-state index is 13.4. The van der Waals surface area contributed by atoms with Crippen molar-refractivity contribution in [3.63, 3.8) is 0 Å². The Morgan fingerprint density at radius 1 is 1.05 bits per heavy atom. The third-order valence-corrected chi connectivity index (χ3v) is 2.61. The number of para-hydroxylation sites is 1. The molecule has 0 aliphatic rings. The van der Waals surface area contributed by atoms with E-state index in [1.165, 1.54) is 30.3 Å². The Bertz CT molecular complexity index is 608. The number of aromatic hydroxyl groups is 1. The molecule has 0 saturated heterocycles. The number of phenolic OH excluding ortho intramolecular Hbond substituents is 1. The Kier molecular flexibility index (Phi) is 3.83. The Labute approximate surface area is 112 Å². The molecule has 0 aromatic heterocycles. The van der Waals surface area contributed by atoms with Crippen LogP contribution in [0, 0.1) is 5.82 Å². The van der Waals surface area contributed by atoms with E-state index in [0.29, 0.717) is 0 Å². The van der Waals surface area contributed by atoms with Crippen LogP contribution in [0.3, 0.4) is 0 Å². The molecule has 2 nitrogen and oxygen atoms in total. The molecule has 0 bridgehead atoms. The number of alkyl halides is 3. The van der Waals surface area contributed by atoms with Gasteiger partial charge in [-0.1, -0.05) is 12.1 Å². The molecule has 2 aromatic carbocycles. The molecular weight excluding hydrogens is 276 g/mol. The van der Waals surface area contributed by atoms with E-state index in [4.69, 9.17) is 9.84 Å². The van der Waals surface area contributed by atoms with Crippen LogP contribution in [-0.2, 0) is 12.8 Å². The van der Waals surface area contributed by atoms with Crippen LogP contribution in [-0.4, -0.2) is 5.11 Å². The van der Waals surface area contributed by atoms with Crippen molar-refractivity contribution < 1.29 is 27.4 Å². The molecule has 0 aliphatic heterocycles. The zero-order chi connectivity index (χ0) is 14.8. The SMILES string of the molecule is Oc1ccc(COc2ccccc2C(F)(F)F)c(F)c1. The molecule has 0 atom stereocenters. The van der Waals surface area contributed by atoms with Gasteiger partial charge in [-0.15, -0.1) is 0 Å². The second-order valence-corrected chi connectivity index (χ2v) is 4.06. The van der Waals surface area contributed by atoms with E-state index in [9.17, 15) is 17.6 Å². The number of rotatable bonds is 3. The van der Waals surface area contributed by atoms with Crippen molar-refractivity contribution in [1.29, 1.82) is 0 Å². The molecule has 2 aromatic rings. The second-order valence-electron chi connectivity index (χ2n) is 4.06. The van der Waals surface area contributed by atoms with Gasteiger partial charge in [0.15, 0.2) is 0 Å². The molecule has 0 aliphatic carbocycles. The summed E-state index contributed by atoms with van der Waals surface area (Å²) >= 11 is 0. The van der Waals surface area contributed by atoms with Crippen molar-refractivity contribution in [1.82, 2.24) is 0 Å². The summed E-state index contributed by atoms with van der Waals surface area (Å²) < 4.78 is 56.6. The molecule has 2 rings (SSSR count). The van der Waals surface area contributed by atoms with E-state index in [1.54, 1.807) is 0 Å². The first-order chi connectivity index (χ1) is 9.38. The Balaban J connectivity index is 2.19. The first kappa shape index (κ1) is 14.2. The van der Waals surface area contributed by atoms with E-state index in [0.717, 1.165) is 12.1 Å². The molecule has 0 spiro atoms. The smallest absolute Gasteiger partial charge is 0.419 e. The number of ether oxygens (including phenoxy) is 1. The van der Waals surface area contributed by atoms with Gasteiger partial charge in [0.05, 0.1) is 5.56 Å². The first-order valence-corrected chi connectivity index (χ1v) is 5.64. The molecule has 1 N–H and O–H groups in total. The third kappa shape index (κ3) is 3.20. The van der Waals surface area contributed by atoms with E-state index in [-0.39, 0.29) is 23.7 Å². The molecule has 0 heterocycles. The molecule has 6 heteroatoms. The number of halogens is 4. The van der Waals surface area contributed by atoms with Gasteiger partial charge in [-0.25, -0.2) is 4.39 Å². The van der Waals surface area contributed by atoms with Gasteiger partial charge in [-0.3, -0.25) is 0 Å². The minimum Gasteiger partial charge on any atom is -0.508 e. The lowest BCUT2D eigenvalue weighted by atomic mass is 10.2. The lowest BCUT2D eigenvalue weighted by Gasteiger charge is -2.14. The van der Waals surface area contributed by atoms with Crippen molar-refractivity contribution >= 4 is 0 Å². The largest absolute Gasteiger partial charge is 0.508 e. The number of hydrogen-bond donors (Lipinski definition) is 1. The second kappa shape index (κ2) is 5.40. The molecule has 0 radical (unpaired) electrons. The van der Waals surface area contributed by atoms with Crippen LogP contribution in [0.25, 0.3) is 0 Å². The quantitative estimate of drug-likeness (QED) is 0.860. The van der Waals surface area contributed by atoms with E-state index in [2.05, 4.69) is 0 Å². The summed E-state index contributed by atoms with van der Waals surface area (Å²) in [7, 11) is 0. The number of hydrogen-bond acceptors (Lipinski definition) is 2. The van der Waals surface area contributed by atoms with Crippen molar-refractivity contribution in [2.45, 2.75) is 12.8 Å². The fourth-order valence-electron chi connectivity index (χ4n) is 1.64. The van der Waals surface area contributed by atoms with Gasteiger partial charge in [0.2, 0.25) is 0 Å². The van der Waals surface area contributed by atoms with Crippen LogP contribution < -0.4 is 4.74 Å². The molecule has 0 saturated carbocycles. The summed E-state index contributed by atoms with van der Waals surface area (Å²) in [4.78, 5) is 0. The predicted molar refractivity (Wildman–Crippen MR) is 63.8 cm³/mol. The van der Waals surface area contributed by atoms with Crippen molar-refractivity contribution in [3.05, 3.63) is 59.4 Å². The minimum atomic E-state index is -4.54. The average Bonchev–Trinajstić information content (AvgIpc) is 2.37. The Morgan fingerprint density at radius 2 is 1.75 bits per heavy atom. The lowest BCUT2D eigenvalue weighted by Crippen LogP contribution is -2.09. The van der Waals surface area contributed by atoms with Gasteiger partial charge < -0.3 is 9.84 Å². The maximum Gasteiger partial charge on any atom is 0.419 e. The van der Waals surface area contributed by atoms with Gasteiger partial charge in [0.25, 0.3) is 0 Å². The monoisotopic (exact) mass is 286 g/mol. The third-order valence-electron chi connectivity index (χ3n) is 2.61. The summed E-state index contributed by atoms with van der Waals surface area (Å²) in [5, 5.41) is 9.04. The normalized spacial score (nSPS) is 11.4. The highest BCUT2D eigenvalue weighted by Crippen LogP contribution is 2.36. The highest BCUT2D eigenvalue weighted by molar-refractivity contribution is 5.36. The van der Waals surface area contributed by atoms with E-state index < -0.39 is 17.6 Å². The number of phenols is 1. The van der Waals surface area contributed by atoms with Crippen LogP contribution in [0.5, 0.6) is 11.5 Å². The fraction of sp³-hybridized carbons (Fsp3) is 0.143. The van der Waals surface area contributed by atoms with Crippen LogP contribution in [0.1, 0.15) is 11.1 Å². The highest BCUT2D eigenvalue weighted by Gasteiger charge is 2.34. The van der Waals surface area contributed by atoms with Crippen molar-refractivity contribution in [3.8, 4) is 11.5 Å². The summed E-state index contributed by atoms with van der Waals surface area (Å²) in [5.74, 6) is -1.37. The molecule has 0 fully saturated rings. The summed E-state index contributed by atoms with van der Waals surface area (Å²) in [6, 6.07) is 8.06. The first-order valence-electron chi connectivity index (χ1n) is 5.64. The fourth-order valence-corrected chi connectivity index (χ4v) is 1.64. The van der Waals surface area contributed by atoms with Gasteiger partial charge in [0, 0.05) is 11.6 Å². The summed E-state index contributed by atoms with van der Waals surface area (Å²) in [6.07, 6.45) is -4.54. The maximum absolute atomic E-state index is 13.4. The van der Waals surface area contributed by atoms with Crippen LogP contribution >= 0.6 is 0 Å². The van der Waals surface area contributed by atoms with Gasteiger partial charge in [-0.2, -0.15) is 13.2 Å². The van der Waals surface area contributed by atoms with Gasteiger partial charge in [0.1, 0.15) is 23.9 Å². The lowest BCUT2D eigenvalue weighted by molar-refractivity contribution is -0.139. The number of benzene rings is 2. The Morgan fingerprint density at radius 3 is 2.40 bits per heavy atom. The average molecular weight is 286 g/mol.